The highest BCUT2D eigenvalue weighted by Crippen LogP contribution is 2.33. The van der Waals surface area contributed by atoms with Gasteiger partial charge in [0, 0.05) is 24.4 Å². The highest BCUT2D eigenvalue weighted by Gasteiger charge is 2.15. The van der Waals surface area contributed by atoms with E-state index in [0.717, 1.165) is 57.5 Å². The van der Waals surface area contributed by atoms with E-state index in [1.165, 1.54) is 70.6 Å². The van der Waals surface area contributed by atoms with Crippen molar-refractivity contribution < 1.29 is 9.28 Å². The molecule has 3 nitrogen and oxygen atoms in total. The van der Waals surface area contributed by atoms with Crippen molar-refractivity contribution in [2.24, 2.45) is 0 Å². The number of unbranched alkanes of at least 4 members (excludes halogenated alkanes) is 12. The van der Waals surface area contributed by atoms with E-state index in [1.807, 2.05) is 18.2 Å². The first kappa shape index (κ1) is 30.6. The zero-order valence-corrected chi connectivity index (χ0v) is 24.6. The summed E-state index contributed by atoms with van der Waals surface area (Å²) in [4.78, 5) is 15.0. The average molecular weight is 516 g/mol. The lowest BCUT2D eigenvalue weighted by atomic mass is 9.99. The largest absolute Gasteiger partial charge is 0.368 e. The summed E-state index contributed by atoms with van der Waals surface area (Å²) in [5, 5.41) is 2.83. The molecule has 0 unspecified atom stereocenters. The van der Waals surface area contributed by atoms with Crippen molar-refractivity contribution in [3.63, 3.8) is 0 Å². The molecule has 2 aromatic carbocycles. The smallest absolute Gasteiger partial charge is 0.162 e. The molecular weight excluding hydrogens is 464 g/mol. The van der Waals surface area contributed by atoms with Crippen LogP contribution >= 0.6 is 11.6 Å². The first-order chi connectivity index (χ1) is 17.2. The molecule has 0 amide bonds. The molecule has 0 aliphatic rings. The number of anilines is 1. The maximum Gasteiger partial charge on any atom is 0.162 e. The number of halogens is 1. The Balaban J connectivity index is 1.71. The minimum absolute atomic E-state index is 0.250. The van der Waals surface area contributed by atoms with Gasteiger partial charge in [-0.25, -0.2) is 0 Å². The zero-order valence-electron chi connectivity index (χ0n) is 23.9. The zero-order chi connectivity index (χ0) is 26.4. The lowest BCUT2D eigenvalue weighted by Gasteiger charge is -2.28. The van der Waals surface area contributed by atoms with Gasteiger partial charge in [0.15, 0.2) is 5.78 Å². The lowest BCUT2D eigenvalue weighted by molar-refractivity contribution is -0.868. The molecule has 0 bridgehead atoms. The number of quaternary nitrogens is 1. The van der Waals surface area contributed by atoms with Crippen molar-refractivity contribution in [2.75, 3.05) is 46.2 Å². The predicted octanol–water partition coefficient (Wildman–Crippen LogP) is 9.30. The van der Waals surface area contributed by atoms with Crippen molar-refractivity contribution in [3.8, 4) is 0 Å². The van der Waals surface area contributed by atoms with Gasteiger partial charge < -0.3 is 9.38 Å². The Morgan fingerprint density at radius 2 is 1.36 bits per heavy atom. The van der Waals surface area contributed by atoms with E-state index in [1.54, 1.807) is 0 Å². The molecule has 0 aromatic heterocycles. The molecule has 0 saturated heterocycles. The second kappa shape index (κ2) is 16.3. The standard InChI is InChI=1S/C32H52ClN2O/c1-6-7-8-9-10-11-12-13-14-15-16-17-18-19-31(36)28-20-22-29-27(26-28)21-23-30(32(29)33)34(2)24-25-35(3,4)5/h20-23,26H,6-19,24-25H2,1-5H3/q+1. The van der Waals surface area contributed by atoms with Gasteiger partial charge >= 0.3 is 0 Å². The van der Waals surface area contributed by atoms with Crippen molar-refractivity contribution >= 4 is 33.8 Å². The van der Waals surface area contributed by atoms with E-state index in [0.29, 0.717) is 6.42 Å². The molecule has 36 heavy (non-hydrogen) atoms. The van der Waals surface area contributed by atoms with Crippen LogP contribution in [0.1, 0.15) is 107 Å². The number of likely N-dealkylation sites (N-methyl/N-ethyl adjacent to an activating group) is 2. The minimum atomic E-state index is 0.250. The monoisotopic (exact) mass is 515 g/mol. The number of hydrogen-bond acceptors (Lipinski definition) is 2. The Bertz CT molecular complexity index is 918. The van der Waals surface area contributed by atoms with Crippen LogP contribution in [0.3, 0.4) is 0 Å². The van der Waals surface area contributed by atoms with E-state index in [2.05, 4.69) is 52.1 Å². The Hall–Kier alpha value is -1.58. The van der Waals surface area contributed by atoms with Gasteiger partial charge in [-0.05, 0) is 23.9 Å². The quantitative estimate of drug-likeness (QED) is 0.105. The van der Waals surface area contributed by atoms with E-state index < -0.39 is 0 Å². The maximum absolute atomic E-state index is 12.8. The topological polar surface area (TPSA) is 20.3 Å². The molecule has 0 atom stereocenters. The van der Waals surface area contributed by atoms with Crippen molar-refractivity contribution in [2.45, 2.75) is 96.8 Å². The van der Waals surface area contributed by atoms with Crippen LogP contribution in [0, 0.1) is 0 Å². The van der Waals surface area contributed by atoms with Gasteiger partial charge in [-0.15, -0.1) is 0 Å². The fourth-order valence-electron chi connectivity index (χ4n) is 4.77. The number of nitrogens with zero attached hydrogens (tertiary/aromatic N) is 2. The van der Waals surface area contributed by atoms with E-state index in [4.69, 9.17) is 11.6 Å². The molecule has 0 heterocycles. The molecule has 0 spiro atoms. The van der Waals surface area contributed by atoms with Crippen LogP contribution in [0.2, 0.25) is 5.02 Å². The summed E-state index contributed by atoms with van der Waals surface area (Å²) in [6, 6.07) is 10.2. The summed E-state index contributed by atoms with van der Waals surface area (Å²) in [5.41, 5.74) is 1.85. The summed E-state index contributed by atoms with van der Waals surface area (Å²) >= 11 is 6.78. The number of carbonyl (C=O) groups is 1. The van der Waals surface area contributed by atoms with Gasteiger partial charge in [0.2, 0.25) is 0 Å². The Morgan fingerprint density at radius 1 is 0.806 bits per heavy atom. The van der Waals surface area contributed by atoms with Gasteiger partial charge in [-0.1, -0.05) is 114 Å². The molecule has 0 fully saturated rings. The molecular formula is C32H52ClN2O+. The Kier molecular flexibility index (Phi) is 13.9. The van der Waals surface area contributed by atoms with Crippen LogP contribution in [-0.2, 0) is 0 Å². The summed E-state index contributed by atoms with van der Waals surface area (Å²) in [7, 11) is 8.70. The number of rotatable bonds is 19. The van der Waals surface area contributed by atoms with E-state index in [-0.39, 0.29) is 5.78 Å². The number of benzene rings is 2. The SMILES string of the molecule is CCCCCCCCCCCCCCCC(=O)c1ccc2c(Cl)c(N(C)CC[N+](C)(C)C)ccc2c1. The molecule has 202 valence electrons. The first-order valence-electron chi connectivity index (χ1n) is 14.5. The number of Topliss-reactive ketones (excluding diaryl/α,β-unsaturated/α-hetero) is 1. The van der Waals surface area contributed by atoms with Crippen LogP contribution in [0.5, 0.6) is 0 Å². The second-order valence-electron chi connectivity index (χ2n) is 11.7. The fraction of sp³-hybridized carbons (Fsp3) is 0.656. The van der Waals surface area contributed by atoms with Gasteiger partial charge in [0.05, 0.1) is 44.9 Å². The molecule has 0 N–H and O–H groups in total. The fourth-order valence-corrected chi connectivity index (χ4v) is 5.15. The third kappa shape index (κ3) is 11.2. The van der Waals surface area contributed by atoms with Gasteiger partial charge in [-0.3, -0.25) is 4.79 Å². The summed E-state index contributed by atoms with van der Waals surface area (Å²) in [6.07, 6.45) is 17.9. The number of ketones is 1. The van der Waals surface area contributed by atoms with Crippen molar-refractivity contribution in [1.82, 2.24) is 0 Å². The molecule has 0 radical (unpaired) electrons. The molecule has 0 saturated carbocycles. The highest BCUT2D eigenvalue weighted by atomic mass is 35.5. The van der Waals surface area contributed by atoms with Crippen LogP contribution in [0.25, 0.3) is 10.8 Å². The average Bonchev–Trinajstić information content (AvgIpc) is 2.84. The maximum atomic E-state index is 12.8. The highest BCUT2D eigenvalue weighted by molar-refractivity contribution is 6.38. The van der Waals surface area contributed by atoms with Gasteiger partial charge in [0.1, 0.15) is 0 Å². The normalized spacial score (nSPS) is 11.8. The Morgan fingerprint density at radius 3 is 1.92 bits per heavy atom. The van der Waals surface area contributed by atoms with E-state index in [9.17, 15) is 4.79 Å². The van der Waals surface area contributed by atoms with E-state index >= 15 is 0 Å². The first-order valence-corrected chi connectivity index (χ1v) is 14.9. The summed E-state index contributed by atoms with van der Waals surface area (Å²) < 4.78 is 0.917. The van der Waals surface area contributed by atoms with Gasteiger partial charge in [0.25, 0.3) is 0 Å². The van der Waals surface area contributed by atoms with Crippen molar-refractivity contribution in [1.29, 1.82) is 0 Å². The Labute approximate surface area is 226 Å². The molecule has 4 heteroatoms. The molecule has 2 aromatic rings. The molecule has 0 aliphatic heterocycles. The second-order valence-corrected chi connectivity index (χ2v) is 12.1. The third-order valence-corrected chi connectivity index (χ3v) is 7.68. The number of fused-ring (bicyclic) bond motifs is 1. The van der Waals surface area contributed by atoms with Crippen LogP contribution in [-0.4, -0.2) is 51.5 Å². The minimum Gasteiger partial charge on any atom is -0.368 e. The summed E-state index contributed by atoms with van der Waals surface area (Å²) in [6.45, 7) is 4.25. The molecule has 2 rings (SSSR count). The van der Waals surface area contributed by atoms with Crippen LogP contribution < -0.4 is 4.90 Å². The summed E-state index contributed by atoms with van der Waals surface area (Å²) in [5.74, 6) is 0.250. The predicted molar refractivity (Wildman–Crippen MR) is 160 cm³/mol. The lowest BCUT2D eigenvalue weighted by Crippen LogP contribution is -2.41. The number of hydrogen-bond donors (Lipinski definition) is 0. The van der Waals surface area contributed by atoms with Crippen LogP contribution in [0.15, 0.2) is 30.3 Å². The molecule has 0 aliphatic carbocycles. The van der Waals surface area contributed by atoms with Gasteiger partial charge in [-0.2, -0.15) is 0 Å². The van der Waals surface area contributed by atoms with Crippen LogP contribution in [0.4, 0.5) is 5.69 Å². The van der Waals surface area contributed by atoms with Crippen molar-refractivity contribution in [3.05, 3.63) is 40.9 Å². The third-order valence-electron chi connectivity index (χ3n) is 7.28. The number of carbonyl (C=O) groups excluding carboxylic acids is 1.